The lowest BCUT2D eigenvalue weighted by Crippen LogP contribution is -2.38. The monoisotopic (exact) mass is 425 g/mol. The fourth-order valence-electron chi connectivity index (χ4n) is 3.80. The van der Waals surface area contributed by atoms with Crippen LogP contribution in [0.1, 0.15) is 18.7 Å². The van der Waals surface area contributed by atoms with Crippen molar-refractivity contribution in [1.82, 2.24) is 19.9 Å². The predicted octanol–water partition coefficient (Wildman–Crippen LogP) is 4.68. The summed E-state index contributed by atoms with van der Waals surface area (Å²) in [5.74, 6) is 1.04. The van der Waals surface area contributed by atoms with E-state index in [0.717, 1.165) is 59.6 Å². The molecule has 0 aliphatic carbocycles. The molecule has 1 saturated heterocycles. The molecule has 2 aromatic heterocycles. The number of aromatic amines is 1. The van der Waals surface area contributed by atoms with E-state index in [-0.39, 0.29) is 11.8 Å². The van der Waals surface area contributed by atoms with Gasteiger partial charge in [0.2, 0.25) is 5.91 Å². The highest BCUT2D eigenvalue weighted by molar-refractivity contribution is 7.22. The number of para-hydroxylation sites is 2. The number of hydrogen-bond donors (Lipinski definition) is 2. The molecule has 4 aromatic rings. The molecule has 6 nitrogen and oxygen atoms in total. The van der Waals surface area contributed by atoms with E-state index < -0.39 is 0 Å². The number of aromatic nitrogens is 3. The molecule has 148 valence electrons. The highest BCUT2D eigenvalue weighted by Gasteiger charge is 2.26. The van der Waals surface area contributed by atoms with Crippen LogP contribution in [0.25, 0.3) is 21.3 Å². The second kappa shape index (κ2) is 7.74. The average Bonchev–Trinajstić information content (AvgIpc) is 3.30. The summed E-state index contributed by atoms with van der Waals surface area (Å²) in [4.78, 5) is 27.5. The van der Waals surface area contributed by atoms with Crippen LogP contribution in [0.4, 0.5) is 5.13 Å². The van der Waals surface area contributed by atoms with Crippen LogP contribution in [0.2, 0.25) is 5.02 Å². The summed E-state index contributed by atoms with van der Waals surface area (Å²) in [6.07, 6.45) is 1.67. The number of imidazole rings is 1. The molecule has 0 unspecified atom stereocenters. The molecule has 0 bridgehead atoms. The van der Waals surface area contributed by atoms with Gasteiger partial charge in [-0.25, -0.2) is 9.97 Å². The number of fused-ring (bicyclic) bond motifs is 2. The number of nitrogens with one attached hydrogen (secondary N) is 2. The first kappa shape index (κ1) is 18.5. The predicted molar refractivity (Wildman–Crippen MR) is 117 cm³/mol. The van der Waals surface area contributed by atoms with Gasteiger partial charge in [0.15, 0.2) is 5.13 Å². The third-order valence-corrected chi connectivity index (χ3v) is 6.52. The van der Waals surface area contributed by atoms with E-state index in [0.29, 0.717) is 10.2 Å². The Bertz CT molecular complexity index is 1150. The molecule has 1 aliphatic rings. The van der Waals surface area contributed by atoms with Crippen molar-refractivity contribution in [3.05, 3.63) is 53.3 Å². The first-order valence-electron chi connectivity index (χ1n) is 9.67. The number of nitrogens with zero attached hydrogens (tertiary/aromatic N) is 3. The summed E-state index contributed by atoms with van der Waals surface area (Å²) >= 11 is 7.49. The van der Waals surface area contributed by atoms with E-state index >= 15 is 0 Å². The Labute approximate surface area is 176 Å². The lowest BCUT2D eigenvalue weighted by molar-refractivity contribution is -0.121. The van der Waals surface area contributed by atoms with Gasteiger partial charge in [0, 0.05) is 10.9 Å². The molecule has 1 fully saturated rings. The Morgan fingerprint density at radius 1 is 1.17 bits per heavy atom. The first-order valence-corrected chi connectivity index (χ1v) is 10.9. The zero-order valence-corrected chi connectivity index (χ0v) is 17.3. The standard InChI is InChI=1S/C21H20ClN5OS/c22-14-5-6-17-18(11-14)29-21(25-17)26-20(28)13-7-9-27(10-8-13)12-19-23-15-3-1-2-4-16(15)24-19/h1-6,11,13H,7-10,12H2,(H,23,24)(H,25,26,28). The van der Waals surface area contributed by atoms with Crippen molar-refractivity contribution in [1.29, 1.82) is 0 Å². The van der Waals surface area contributed by atoms with Crippen molar-refractivity contribution >= 4 is 55.2 Å². The van der Waals surface area contributed by atoms with E-state index in [4.69, 9.17) is 11.6 Å². The fraction of sp³-hybridized carbons (Fsp3) is 0.286. The second-order valence-electron chi connectivity index (χ2n) is 7.37. The number of carbonyl (C=O) groups excluding carboxylic acids is 1. The van der Waals surface area contributed by atoms with Gasteiger partial charge in [-0.2, -0.15) is 0 Å². The quantitative estimate of drug-likeness (QED) is 0.498. The maximum atomic E-state index is 12.7. The molecule has 0 saturated carbocycles. The Kier molecular flexibility index (Phi) is 4.95. The normalized spacial score (nSPS) is 15.9. The molecule has 0 radical (unpaired) electrons. The van der Waals surface area contributed by atoms with Crippen LogP contribution < -0.4 is 5.32 Å². The molecule has 0 atom stereocenters. The lowest BCUT2D eigenvalue weighted by atomic mass is 9.96. The van der Waals surface area contributed by atoms with Gasteiger partial charge in [-0.05, 0) is 56.3 Å². The Balaban J connectivity index is 1.17. The van der Waals surface area contributed by atoms with Gasteiger partial charge in [-0.3, -0.25) is 9.69 Å². The number of H-pyrrole nitrogens is 1. The maximum absolute atomic E-state index is 12.7. The van der Waals surface area contributed by atoms with E-state index in [2.05, 4.69) is 25.2 Å². The fourth-order valence-corrected chi connectivity index (χ4v) is 4.95. The van der Waals surface area contributed by atoms with Gasteiger partial charge in [0.05, 0.1) is 27.8 Å². The number of rotatable bonds is 4. The molecule has 0 spiro atoms. The summed E-state index contributed by atoms with van der Waals surface area (Å²) < 4.78 is 0.980. The lowest BCUT2D eigenvalue weighted by Gasteiger charge is -2.30. The van der Waals surface area contributed by atoms with E-state index in [1.54, 1.807) is 0 Å². The van der Waals surface area contributed by atoms with Crippen LogP contribution in [0.15, 0.2) is 42.5 Å². The number of piperidine rings is 1. The summed E-state index contributed by atoms with van der Waals surface area (Å²) in [6, 6.07) is 13.6. The largest absolute Gasteiger partial charge is 0.341 e. The maximum Gasteiger partial charge on any atom is 0.229 e. The number of likely N-dealkylation sites (tertiary alicyclic amines) is 1. The molecule has 1 amide bonds. The third kappa shape index (κ3) is 3.99. The van der Waals surface area contributed by atoms with Gasteiger partial charge in [0.1, 0.15) is 5.82 Å². The minimum absolute atomic E-state index is 0.0116. The van der Waals surface area contributed by atoms with Gasteiger partial charge < -0.3 is 10.3 Å². The van der Waals surface area contributed by atoms with Crippen LogP contribution >= 0.6 is 22.9 Å². The van der Waals surface area contributed by atoms with E-state index in [1.807, 2.05) is 42.5 Å². The zero-order chi connectivity index (χ0) is 19.8. The zero-order valence-electron chi connectivity index (χ0n) is 15.7. The van der Waals surface area contributed by atoms with Crippen LogP contribution in [0, 0.1) is 5.92 Å². The van der Waals surface area contributed by atoms with Crippen molar-refractivity contribution < 1.29 is 4.79 Å². The Hall–Kier alpha value is -2.48. The molecular formula is C21H20ClN5OS. The molecule has 2 aromatic carbocycles. The number of halogens is 1. The number of amides is 1. The Morgan fingerprint density at radius 3 is 2.83 bits per heavy atom. The minimum Gasteiger partial charge on any atom is -0.341 e. The van der Waals surface area contributed by atoms with Gasteiger partial charge >= 0.3 is 0 Å². The summed E-state index contributed by atoms with van der Waals surface area (Å²) in [5.41, 5.74) is 2.91. The minimum atomic E-state index is 0.0116. The number of benzene rings is 2. The number of carbonyl (C=O) groups is 1. The van der Waals surface area contributed by atoms with Gasteiger partial charge in [0.25, 0.3) is 0 Å². The topological polar surface area (TPSA) is 73.9 Å². The third-order valence-electron chi connectivity index (χ3n) is 5.35. The molecular weight excluding hydrogens is 406 g/mol. The molecule has 8 heteroatoms. The van der Waals surface area contributed by atoms with Crippen molar-refractivity contribution in [2.45, 2.75) is 19.4 Å². The van der Waals surface area contributed by atoms with Crippen LogP contribution in [-0.4, -0.2) is 38.8 Å². The molecule has 5 rings (SSSR count). The highest BCUT2D eigenvalue weighted by Crippen LogP contribution is 2.29. The molecule has 2 N–H and O–H groups in total. The van der Waals surface area contributed by atoms with Crippen LogP contribution in [0.3, 0.4) is 0 Å². The molecule has 3 heterocycles. The summed E-state index contributed by atoms with van der Waals surface area (Å²) in [7, 11) is 0. The second-order valence-corrected chi connectivity index (χ2v) is 8.84. The molecule has 1 aliphatic heterocycles. The van der Waals surface area contributed by atoms with Crippen molar-refractivity contribution in [3.8, 4) is 0 Å². The van der Waals surface area contributed by atoms with Crippen molar-refractivity contribution in [2.75, 3.05) is 18.4 Å². The number of anilines is 1. The average molecular weight is 426 g/mol. The van der Waals surface area contributed by atoms with Gasteiger partial charge in [-0.1, -0.05) is 35.1 Å². The molecule has 29 heavy (non-hydrogen) atoms. The highest BCUT2D eigenvalue weighted by atomic mass is 35.5. The van der Waals surface area contributed by atoms with Crippen molar-refractivity contribution in [3.63, 3.8) is 0 Å². The first-order chi connectivity index (χ1) is 14.1. The van der Waals surface area contributed by atoms with Crippen molar-refractivity contribution in [2.24, 2.45) is 5.92 Å². The smallest absolute Gasteiger partial charge is 0.229 e. The Morgan fingerprint density at radius 2 is 2.00 bits per heavy atom. The van der Waals surface area contributed by atoms with E-state index in [1.165, 1.54) is 11.3 Å². The summed E-state index contributed by atoms with van der Waals surface area (Å²) in [5, 5.41) is 4.30. The SMILES string of the molecule is O=C(Nc1nc2ccc(Cl)cc2s1)C1CCN(Cc2nc3ccccc3[nH]2)CC1. The van der Waals surface area contributed by atoms with E-state index in [9.17, 15) is 4.79 Å². The van der Waals surface area contributed by atoms with Crippen LogP contribution in [0.5, 0.6) is 0 Å². The van der Waals surface area contributed by atoms with Gasteiger partial charge in [-0.15, -0.1) is 0 Å². The summed E-state index contributed by atoms with van der Waals surface area (Å²) in [6.45, 7) is 2.54. The van der Waals surface area contributed by atoms with Crippen LogP contribution in [-0.2, 0) is 11.3 Å². The number of hydrogen-bond acceptors (Lipinski definition) is 5. The number of thiazole rings is 1.